The summed E-state index contributed by atoms with van der Waals surface area (Å²) in [5.41, 5.74) is 7.01. The molecule has 0 aliphatic heterocycles. The van der Waals surface area contributed by atoms with Gasteiger partial charge >= 0.3 is 5.97 Å². The first-order valence-electron chi connectivity index (χ1n) is 5.37. The van der Waals surface area contributed by atoms with Gasteiger partial charge in [0.1, 0.15) is 6.29 Å². The predicted molar refractivity (Wildman–Crippen MR) is 68.8 cm³/mol. The minimum atomic E-state index is -0.509. The van der Waals surface area contributed by atoms with Gasteiger partial charge in [-0.2, -0.15) is 0 Å². The van der Waals surface area contributed by atoms with Gasteiger partial charge in [-0.3, -0.25) is 4.79 Å². The molecule has 5 nitrogen and oxygen atoms in total. The largest absolute Gasteiger partial charge is 0.463 e. The number of nitrogens with two attached hydrogens (primary N) is 1. The van der Waals surface area contributed by atoms with E-state index in [0.717, 1.165) is 0 Å². The van der Waals surface area contributed by atoms with E-state index in [1.807, 2.05) is 0 Å². The smallest absolute Gasteiger partial charge is 0.330 e. The fraction of sp³-hybridized carbons (Fsp3) is 0.154. The molecule has 0 bridgehead atoms. The van der Waals surface area contributed by atoms with Gasteiger partial charge < -0.3 is 15.9 Å². The lowest BCUT2D eigenvalue weighted by molar-refractivity contribution is -0.137. The third-order valence-corrected chi connectivity index (χ3v) is 2.17. The molecule has 0 aromatic heterocycles. The Kier molecular flexibility index (Phi) is 4.80. The number of ether oxygens (including phenoxy) is 1. The molecule has 0 heterocycles. The summed E-state index contributed by atoms with van der Waals surface area (Å²) in [5.74, 6) is -0.509. The number of hydrogen-bond acceptors (Lipinski definition) is 5. The molecule has 94 valence electrons. The highest BCUT2D eigenvalue weighted by atomic mass is 16.5. The van der Waals surface area contributed by atoms with Crippen LogP contribution in [0.1, 0.15) is 22.8 Å². The molecular weight excluding hydrogens is 232 g/mol. The van der Waals surface area contributed by atoms with Gasteiger partial charge in [0.05, 0.1) is 12.3 Å². The number of nitrogen functional groups attached to an aromatic ring is 1. The number of nitrogens with one attached hydrogen (secondary N) is 1. The van der Waals surface area contributed by atoms with E-state index in [0.29, 0.717) is 23.1 Å². The highest BCUT2D eigenvalue weighted by molar-refractivity contribution is 6.12. The van der Waals surface area contributed by atoms with Crippen molar-refractivity contribution in [1.29, 1.82) is 5.41 Å². The van der Waals surface area contributed by atoms with Gasteiger partial charge in [-0.1, -0.05) is 12.1 Å². The Balaban J connectivity index is 2.85. The third kappa shape index (κ3) is 3.55. The lowest BCUT2D eigenvalue weighted by atomic mass is 10.1. The number of benzene rings is 1. The molecule has 1 aromatic rings. The minimum absolute atomic E-state index is 0.0815. The average Bonchev–Trinajstić information content (AvgIpc) is 2.36. The number of aldehydes is 1. The number of hydrogen-bond donors (Lipinski definition) is 2. The summed E-state index contributed by atoms with van der Waals surface area (Å²) in [4.78, 5) is 21.6. The zero-order chi connectivity index (χ0) is 13.5. The van der Waals surface area contributed by atoms with Crippen molar-refractivity contribution in [2.24, 2.45) is 0 Å². The molecule has 5 heteroatoms. The number of carbonyl (C=O) groups excluding carboxylic acids is 2. The molecule has 1 aromatic carbocycles. The van der Waals surface area contributed by atoms with Crippen molar-refractivity contribution in [2.75, 3.05) is 12.3 Å². The Bertz CT molecular complexity index is 507. The van der Waals surface area contributed by atoms with E-state index in [2.05, 4.69) is 0 Å². The van der Waals surface area contributed by atoms with Gasteiger partial charge in [0.2, 0.25) is 0 Å². The Morgan fingerprint density at radius 1 is 1.44 bits per heavy atom. The van der Waals surface area contributed by atoms with Crippen LogP contribution in [0, 0.1) is 5.41 Å². The van der Waals surface area contributed by atoms with Crippen LogP contribution in [-0.4, -0.2) is 24.6 Å². The molecule has 0 aliphatic rings. The zero-order valence-electron chi connectivity index (χ0n) is 9.97. The summed E-state index contributed by atoms with van der Waals surface area (Å²) in [7, 11) is 0. The van der Waals surface area contributed by atoms with Gasteiger partial charge in [0.15, 0.2) is 0 Å². The zero-order valence-corrected chi connectivity index (χ0v) is 9.97. The van der Waals surface area contributed by atoms with Crippen LogP contribution in [0.2, 0.25) is 0 Å². The van der Waals surface area contributed by atoms with Gasteiger partial charge in [0.25, 0.3) is 0 Å². The van der Waals surface area contributed by atoms with Crippen molar-refractivity contribution < 1.29 is 14.3 Å². The van der Waals surface area contributed by atoms with E-state index in [9.17, 15) is 9.59 Å². The summed E-state index contributed by atoms with van der Waals surface area (Å²) in [6.07, 6.45) is 3.15. The standard InChI is InChI=1S/C13H14N2O3/c1-2-18-13(17)6-5-11(14)10-4-3-9(8-16)7-12(10)15/h3-8,14H,2,15H2,1H3/b6-5+,14-11?. The molecular formula is C13H14N2O3. The topological polar surface area (TPSA) is 93.2 Å². The SMILES string of the molecule is CCOC(=O)/C=C/C(=N)c1ccc(C=O)cc1N. The van der Waals surface area contributed by atoms with Crippen molar-refractivity contribution in [2.45, 2.75) is 6.92 Å². The molecule has 0 saturated carbocycles. The summed E-state index contributed by atoms with van der Waals surface area (Å²) in [6, 6.07) is 4.61. The monoisotopic (exact) mass is 246 g/mol. The lowest BCUT2D eigenvalue weighted by Gasteiger charge is -2.04. The van der Waals surface area contributed by atoms with Gasteiger partial charge in [-0.05, 0) is 19.1 Å². The van der Waals surface area contributed by atoms with E-state index >= 15 is 0 Å². The predicted octanol–water partition coefficient (Wildman–Crippen LogP) is 1.57. The van der Waals surface area contributed by atoms with Crippen LogP contribution in [0.3, 0.4) is 0 Å². The van der Waals surface area contributed by atoms with Crippen molar-refractivity contribution in [3.8, 4) is 0 Å². The van der Waals surface area contributed by atoms with Crippen LogP contribution in [0.4, 0.5) is 5.69 Å². The first kappa shape index (κ1) is 13.6. The van der Waals surface area contributed by atoms with Crippen LogP contribution in [0.5, 0.6) is 0 Å². The average molecular weight is 246 g/mol. The highest BCUT2D eigenvalue weighted by Gasteiger charge is 2.05. The van der Waals surface area contributed by atoms with Gasteiger partial charge in [0, 0.05) is 22.9 Å². The van der Waals surface area contributed by atoms with Crippen LogP contribution in [0.25, 0.3) is 0 Å². The third-order valence-electron chi connectivity index (χ3n) is 2.17. The second kappa shape index (κ2) is 6.34. The Morgan fingerprint density at radius 2 is 2.17 bits per heavy atom. The maximum Gasteiger partial charge on any atom is 0.330 e. The quantitative estimate of drug-likeness (QED) is 0.271. The number of anilines is 1. The molecule has 0 unspecified atom stereocenters. The van der Waals surface area contributed by atoms with Crippen molar-refractivity contribution in [1.82, 2.24) is 0 Å². The number of rotatable bonds is 5. The highest BCUT2D eigenvalue weighted by Crippen LogP contribution is 2.14. The molecule has 18 heavy (non-hydrogen) atoms. The Morgan fingerprint density at radius 3 is 2.72 bits per heavy atom. The van der Waals surface area contributed by atoms with Crippen molar-refractivity contribution in [3.63, 3.8) is 0 Å². The second-order valence-corrected chi connectivity index (χ2v) is 3.46. The van der Waals surface area contributed by atoms with E-state index in [1.165, 1.54) is 18.2 Å². The van der Waals surface area contributed by atoms with E-state index in [1.54, 1.807) is 19.1 Å². The maximum atomic E-state index is 11.1. The fourth-order valence-electron chi connectivity index (χ4n) is 1.33. The Labute approximate surface area is 105 Å². The summed E-state index contributed by atoms with van der Waals surface area (Å²) < 4.78 is 4.69. The summed E-state index contributed by atoms with van der Waals surface area (Å²) >= 11 is 0. The number of allylic oxidation sites excluding steroid dienone is 1. The van der Waals surface area contributed by atoms with Crippen molar-refractivity contribution in [3.05, 3.63) is 41.5 Å². The van der Waals surface area contributed by atoms with Crippen LogP contribution in [0.15, 0.2) is 30.4 Å². The van der Waals surface area contributed by atoms with Crippen LogP contribution in [-0.2, 0) is 9.53 Å². The molecule has 0 aliphatic carbocycles. The van der Waals surface area contributed by atoms with E-state index < -0.39 is 5.97 Å². The van der Waals surface area contributed by atoms with E-state index in [4.69, 9.17) is 15.9 Å². The molecule has 0 atom stereocenters. The normalized spacial score (nSPS) is 10.3. The number of esters is 1. The summed E-state index contributed by atoms with van der Waals surface area (Å²) in [6.45, 7) is 1.99. The van der Waals surface area contributed by atoms with E-state index in [-0.39, 0.29) is 12.3 Å². The van der Waals surface area contributed by atoms with Crippen molar-refractivity contribution >= 4 is 23.7 Å². The summed E-state index contributed by atoms with van der Waals surface area (Å²) in [5, 5.41) is 7.76. The molecule has 3 N–H and O–H groups in total. The van der Waals surface area contributed by atoms with Gasteiger partial charge in [-0.15, -0.1) is 0 Å². The van der Waals surface area contributed by atoms with Crippen LogP contribution >= 0.6 is 0 Å². The lowest BCUT2D eigenvalue weighted by Crippen LogP contribution is -2.04. The maximum absolute atomic E-state index is 11.1. The first-order chi connectivity index (χ1) is 8.58. The minimum Gasteiger partial charge on any atom is -0.463 e. The molecule has 0 amide bonds. The molecule has 0 fully saturated rings. The Hall–Kier alpha value is -2.43. The second-order valence-electron chi connectivity index (χ2n) is 3.46. The number of carbonyl (C=O) groups is 2. The van der Waals surface area contributed by atoms with Crippen LogP contribution < -0.4 is 5.73 Å². The molecule has 0 radical (unpaired) electrons. The molecule has 0 spiro atoms. The molecule has 0 saturated heterocycles. The first-order valence-corrected chi connectivity index (χ1v) is 5.37. The fourth-order valence-corrected chi connectivity index (χ4v) is 1.33. The van der Waals surface area contributed by atoms with Gasteiger partial charge in [-0.25, -0.2) is 4.79 Å². The molecule has 1 rings (SSSR count).